The van der Waals surface area contributed by atoms with Crippen LogP contribution in [0.1, 0.15) is 54.0 Å². The summed E-state index contributed by atoms with van der Waals surface area (Å²) in [5, 5.41) is 12.0. The van der Waals surface area contributed by atoms with E-state index in [-0.39, 0.29) is 11.1 Å². The Hall–Kier alpha value is -3.87. The molecule has 170 valence electrons. The number of halogens is 4. The van der Waals surface area contributed by atoms with E-state index in [9.17, 15) is 27.6 Å². The Labute approximate surface area is 187 Å². The number of rotatable bonds is 5. The summed E-state index contributed by atoms with van der Waals surface area (Å²) in [6.45, 7) is 4.52. The predicted octanol–water partition coefficient (Wildman–Crippen LogP) is 4.99. The zero-order valence-electron chi connectivity index (χ0n) is 17.9. The number of amides is 1. The van der Waals surface area contributed by atoms with Crippen molar-refractivity contribution in [3.63, 3.8) is 0 Å². The van der Waals surface area contributed by atoms with Crippen LogP contribution < -0.4 is 5.32 Å². The molecule has 1 aromatic carbocycles. The van der Waals surface area contributed by atoms with Gasteiger partial charge in [0.15, 0.2) is 0 Å². The summed E-state index contributed by atoms with van der Waals surface area (Å²) < 4.78 is 53.5. The Kier molecular flexibility index (Phi) is 6.44. The van der Waals surface area contributed by atoms with Crippen molar-refractivity contribution in [2.45, 2.75) is 38.4 Å². The quantitative estimate of drug-likeness (QED) is 0.545. The van der Waals surface area contributed by atoms with Gasteiger partial charge in [-0.25, -0.2) is 4.39 Å². The second-order valence-corrected chi connectivity index (χ2v) is 7.88. The normalized spacial score (nSPS) is 12.7. The van der Waals surface area contributed by atoms with E-state index >= 15 is 0 Å². The fourth-order valence-electron chi connectivity index (χ4n) is 3.07. The number of carbonyl (C=O) groups excluding carboxylic acids is 1. The lowest BCUT2D eigenvalue weighted by Crippen LogP contribution is -2.29. The summed E-state index contributed by atoms with van der Waals surface area (Å²) in [5.41, 5.74) is -1.55. The van der Waals surface area contributed by atoms with Crippen molar-refractivity contribution in [3.05, 3.63) is 77.1 Å². The lowest BCUT2D eigenvalue weighted by atomic mass is 9.84. The van der Waals surface area contributed by atoms with Crippen LogP contribution in [0.5, 0.6) is 0 Å². The molecule has 0 aliphatic rings. The molecule has 0 saturated carbocycles. The fourth-order valence-corrected chi connectivity index (χ4v) is 3.07. The lowest BCUT2D eigenvalue weighted by Gasteiger charge is -2.20. The van der Waals surface area contributed by atoms with E-state index in [0.29, 0.717) is 17.1 Å². The number of hydrogen-bond donors (Lipinski definition) is 1. The van der Waals surface area contributed by atoms with Gasteiger partial charge in [0, 0.05) is 18.0 Å². The summed E-state index contributed by atoms with van der Waals surface area (Å²) in [7, 11) is 0. The molecule has 0 spiro atoms. The van der Waals surface area contributed by atoms with Gasteiger partial charge in [-0.3, -0.25) is 19.7 Å². The van der Waals surface area contributed by atoms with Crippen molar-refractivity contribution in [1.29, 1.82) is 5.26 Å². The third-order valence-corrected chi connectivity index (χ3v) is 4.98. The van der Waals surface area contributed by atoms with Gasteiger partial charge in [-0.1, -0.05) is 0 Å². The van der Waals surface area contributed by atoms with Gasteiger partial charge in [0.1, 0.15) is 11.5 Å². The maximum Gasteiger partial charge on any atom is 0.416 e. The van der Waals surface area contributed by atoms with Gasteiger partial charge >= 0.3 is 6.18 Å². The van der Waals surface area contributed by atoms with Gasteiger partial charge in [-0.2, -0.15) is 18.4 Å². The number of nitrogens with one attached hydrogen (secondary N) is 1. The Balaban J connectivity index is 1.96. The van der Waals surface area contributed by atoms with Crippen LogP contribution in [0.3, 0.4) is 0 Å². The fraction of sp³-hybridized carbons (Fsp3) is 0.261. The zero-order chi connectivity index (χ0) is 24.4. The lowest BCUT2D eigenvalue weighted by molar-refractivity contribution is -0.137. The number of aromatic nitrogens is 3. The molecule has 0 saturated heterocycles. The average Bonchev–Trinajstić information content (AvgIpc) is 2.78. The van der Waals surface area contributed by atoms with E-state index in [4.69, 9.17) is 0 Å². The van der Waals surface area contributed by atoms with Gasteiger partial charge < -0.3 is 5.32 Å². The van der Waals surface area contributed by atoms with Gasteiger partial charge in [-0.15, -0.1) is 0 Å². The highest BCUT2D eigenvalue weighted by atomic mass is 19.4. The summed E-state index contributed by atoms with van der Waals surface area (Å²) in [6.07, 6.45) is -0.892. The minimum absolute atomic E-state index is 0.0633. The molecule has 6 nitrogen and oxygen atoms in total. The van der Waals surface area contributed by atoms with Gasteiger partial charge in [0.05, 0.1) is 40.7 Å². The van der Waals surface area contributed by atoms with Crippen molar-refractivity contribution in [3.8, 4) is 17.5 Å². The highest BCUT2D eigenvalue weighted by Crippen LogP contribution is 2.34. The molecular weight excluding hydrogens is 438 g/mol. The minimum Gasteiger partial charge on any atom is -0.344 e. The molecule has 33 heavy (non-hydrogen) atoms. The molecule has 3 rings (SSSR count). The van der Waals surface area contributed by atoms with Crippen molar-refractivity contribution in [1.82, 2.24) is 20.3 Å². The molecule has 2 heterocycles. The first-order chi connectivity index (χ1) is 15.4. The van der Waals surface area contributed by atoms with Gasteiger partial charge in [0.25, 0.3) is 5.91 Å². The van der Waals surface area contributed by atoms with E-state index in [1.165, 1.54) is 44.4 Å². The van der Waals surface area contributed by atoms with Gasteiger partial charge in [-0.05, 0) is 56.7 Å². The smallest absolute Gasteiger partial charge is 0.344 e. The van der Waals surface area contributed by atoms with Crippen LogP contribution in [0, 0.1) is 17.1 Å². The minimum atomic E-state index is -4.70. The first-order valence-electron chi connectivity index (χ1n) is 9.80. The summed E-state index contributed by atoms with van der Waals surface area (Å²) in [5.74, 6) is -1.32. The maximum absolute atomic E-state index is 13.4. The number of hydrogen-bond acceptors (Lipinski definition) is 5. The second kappa shape index (κ2) is 8.94. The molecule has 2 aromatic heterocycles. The molecule has 3 aromatic rings. The average molecular weight is 457 g/mol. The summed E-state index contributed by atoms with van der Waals surface area (Å²) in [6, 6.07) is 6.65. The Morgan fingerprint density at radius 3 is 2.33 bits per heavy atom. The van der Waals surface area contributed by atoms with Crippen molar-refractivity contribution < 1.29 is 22.4 Å². The third-order valence-electron chi connectivity index (χ3n) is 4.98. The van der Waals surface area contributed by atoms with Crippen LogP contribution in [0.4, 0.5) is 17.6 Å². The summed E-state index contributed by atoms with van der Waals surface area (Å²) >= 11 is 0. The monoisotopic (exact) mass is 457 g/mol. The van der Waals surface area contributed by atoms with Crippen LogP contribution in [-0.4, -0.2) is 20.9 Å². The van der Waals surface area contributed by atoms with Crippen LogP contribution in [0.25, 0.3) is 11.4 Å². The van der Waals surface area contributed by atoms with E-state index in [1.54, 1.807) is 6.92 Å². The Morgan fingerprint density at radius 1 is 1.06 bits per heavy atom. The first kappa shape index (κ1) is 23.8. The molecule has 0 aliphatic carbocycles. The zero-order valence-corrected chi connectivity index (χ0v) is 17.9. The number of benzene rings is 1. The molecular formula is C23H19F4N5O. The van der Waals surface area contributed by atoms with Crippen molar-refractivity contribution >= 4 is 5.91 Å². The summed E-state index contributed by atoms with van der Waals surface area (Å²) in [4.78, 5) is 25.3. The second-order valence-electron chi connectivity index (χ2n) is 7.88. The Morgan fingerprint density at radius 2 is 1.73 bits per heavy atom. The van der Waals surface area contributed by atoms with E-state index in [1.807, 2.05) is 6.07 Å². The highest BCUT2D eigenvalue weighted by Gasteiger charge is 2.34. The molecule has 0 bridgehead atoms. The van der Waals surface area contributed by atoms with E-state index in [0.717, 1.165) is 18.3 Å². The third kappa shape index (κ3) is 5.31. The van der Waals surface area contributed by atoms with Crippen LogP contribution in [0.15, 0.2) is 48.9 Å². The van der Waals surface area contributed by atoms with Crippen molar-refractivity contribution in [2.24, 2.45) is 0 Å². The van der Waals surface area contributed by atoms with Crippen LogP contribution in [-0.2, 0) is 11.6 Å². The largest absolute Gasteiger partial charge is 0.416 e. The van der Waals surface area contributed by atoms with Crippen LogP contribution >= 0.6 is 0 Å². The van der Waals surface area contributed by atoms with Crippen LogP contribution in [0.2, 0.25) is 0 Å². The van der Waals surface area contributed by atoms with Gasteiger partial charge in [0.2, 0.25) is 0 Å². The molecule has 1 unspecified atom stereocenters. The first-order valence-corrected chi connectivity index (χ1v) is 9.80. The molecule has 0 aliphatic heterocycles. The number of nitrogens with zero attached hydrogens (tertiary/aromatic N) is 4. The number of nitriles is 1. The highest BCUT2D eigenvalue weighted by molar-refractivity contribution is 5.95. The number of pyridine rings is 1. The predicted molar refractivity (Wildman–Crippen MR) is 111 cm³/mol. The standard InChI is InChI=1S/C23H19F4N5O/c1-13(19-20(30-7-6-29-19)18-5-4-17(24)11-31-18)32-21(33)14-8-15(22(2,3)12-28)10-16(9-14)23(25,26)27/h4-11,13H,1-3H3,(H,32,33). The Bertz CT molecular complexity index is 1220. The molecule has 10 heteroatoms. The molecule has 0 fully saturated rings. The topological polar surface area (TPSA) is 91.6 Å². The molecule has 1 atom stereocenters. The molecule has 1 N–H and O–H groups in total. The molecule has 0 radical (unpaired) electrons. The van der Waals surface area contributed by atoms with Crippen molar-refractivity contribution in [2.75, 3.05) is 0 Å². The maximum atomic E-state index is 13.4. The van der Waals surface area contributed by atoms with E-state index < -0.39 is 34.9 Å². The number of alkyl halides is 3. The molecule has 1 amide bonds. The number of carbonyl (C=O) groups is 1. The SMILES string of the molecule is CC(NC(=O)c1cc(C(F)(F)F)cc(C(C)(C)C#N)c1)c1nccnc1-c1ccc(F)cn1. The van der Waals surface area contributed by atoms with E-state index in [2.05, 4.69) is 20.3 Å².